The number of carboxylic acids is 2. The Bertz CT molecular complexity index is 267. The van der Waals surface area contributed by atoms with Gasteiger partial charge >= 0.3 is 11.9 Å². The Labute approximate surface area is 78.9 Å². The normalized spacial score (nSPS) is 9.21. The third-order valence-corrected chi connectivity index (χ3v) is 0.691. The predicted octanol–water partition coefficient (Wildman–Crippen LogP) is -0.808. The highest BCUT2D eigenvalue weighted by Crippen LogP contribution is 1.76. The maximum absolute atomic E-state index is 9.70. The number of carboxylic acid groups (broad SMARTS) is 2. The molecule has 8 nitrogen and oxygen atoms in total. The minimum Gasteiger partial charge on any atom is -0.481 e. The van der Waals surface area contributed by atoms with E-state index >= 15 is 0 Å². The molecular formula is C6H9N3O5. The number of rotatable bonds is 3. The van der Waals surface area contributed by atoms with Crippen molar-refractivity contribution in [2.24, 2.45) is 10.9 Å². The van der Waals surface area contributed by atoms with Crippen LogP contribution in [0.15, 0.2) is 5.16 Å². The van der Waals surface area contributed by atoms with Crippen LogP contribution in [-0.4, -0.2) is 33.2 Å². The van der Waals surface area contributed by atoms with E-state index in [4.69, 9.17) is 26.4 Å². The van der Waals surface area contributed by atoms with Crippen molar-refractivity contribution in [3.8, 4) is 6.07 Å². The summed E-state index contributed by atoms with van der Waals surface area (Å²) in [7, 11) is 0. The molecular weight excluding hydrogens is 194 g/mol. The number of oxime groups is 1. The second-order valence-electron chi connectivity index (χ2n) is 1.89. The summed E-state index contributed by atoms with van der Waals surface area (Å²) >= 11 is 0. The highest BCUT2D eigenvalue weighted by Gasteiger charge is 1.98. The Balaban J connectivity index is 0. The van der Waals surface area contributed by atoms with Crippen molar-refractivity contribution in [2.75, 3.05) is 0 Å². The Hall–Kier alpha value is -2.30. The number of aliphatic carboxylic acids is 2. The minimum absolute atomic E-state index is 0.294. The number of nitriles is 1. The molecule has 8 heteroatoms. The van der Waals surface area contributed by atoms with Gasteiger partial charge in [-0.15, -0.1) is 0 Å². The third-order valence-electron chi connectivity index (χ3n) is 0.691. The fourth-order valence-electron chi connectivity index (χ4n) is 0.258. The van der Waals surface area contributed by atoms with Crippen LogP contribution in [-0.2, 0) is 9.59 Å². The summed E-state index contributed by atoms with van der Waals surface area (Å²) in [5.41, 5.74) is 4.79. The maximum Gasteiger partial charge on any atom is 0.317 e. The summed E-state index contributed by atoms with van der Waals surface area (Å²) in [5.74, 6) is -2.48. The molecule has 0 heterocycles. The Morgan fingerprint density at radius 1 is 1.36 bits per heavy atom. The Morgan fingerprint density at radius 2 is 1.86 bits per heavy atom. The molecule has 0 saturated carbocycles. The van der Waals surface area contributed by atoms with Crippen molar-refractivity contribution >= 4 is 17.8 Å². The Kier molecular flexibility index (Phi) is 8.94. The SMILES string of the molecule is N#CCC(=O)O.NC(CC(=O)O)=NO. The first-order valence-corrected chi connectivity index (χ1v) is 3.21. The fraction of sp³-hybridized carbons (Fsp3) is 0.333. The first-order chi connectivity index (χ1) is 6.43. The van der Waals surface area contributed by atoms with Crippen molar-refractivity contribution in [3.63, 3.8) is 0 Å². The van der Waals surface area contributed by atoms with Crippen LogP contribution in [0.25, 0.3) is 0 Å². The number of hydrogen-bond acceptors (Lipinski definition) is 5. The van der Waals surface area contributed by atoms with E-state index in [2.05, 4.69) is 5.16 Å². The number of nitrogens with zero attached hydrogens (tertiary/aromatic N) is 2. The molecule has 5 N–H and O–H groups in total. The number of hydrogen-bond donors (Lipinski definition) is 4. The van der Waals surface area contributed by atoms with Gasteiger partial charge in [0.1, 0.15) is 18.7 Å². The molecule has 0 spiro atoms. The molecule has 0 rings (SSSR count). The van der Waals surface area contributed by atoms with E-state index in [1.807, 2.05) is 0 Å². The molecule has 0 aliphatic rings. The van der Waals surface area contributed by atoms with Crippen LogP contribution in [0.1, 0.15) is 12.8 Å². The second-order valence-corrected chi connectivity index (χ2v) is 1.89. The van der Waals surface area contributed by atoms with Crippen molar-refractivity contribution < 1.29 is 25.0 Å². The molecule has 14 heavy (non-hydrogen) atoms. The van der Waals surface area contributed by atoms with Crippen LogP contribution in [0, 0.1) is 11.3 Å². The zero-order valence-electron chi connectivity index (χ0n) is 7.04. The van der Waals surface area contributed by atoms with E-state index in [1.165, 1.54) is 6.07 Å². The van der Waals surface area contributed by atoms with Crippen LogP contribution in [0.3, 0.4) is 0 Å². The molecule has 0 aromatic carbocycles. The summed E-state index contributed by atoms with van der Waals surface area (Å²) in [4.78, 5) is 19.1. The van der Waals surface area contributed by atoms with Gasteiger partial charge in [0.15, 0.2) is 0 Å². The number of carbonyl (C=O) groups is 2. The molecule has 0 bridgehead atoms. The number of nitrogens with two attached hydrogens (primary N) is 1. The van der Waals surface area contributed by atoms with E-state index in [0.717, 1.165) is 0 Å². The van der Waals surface area contributed by atoms with Crippen LogP contribution in [0.5, 0.6) is 0 Å². The third kappa shape index (κ3) is 16.4. The molecule has 0 aromatic heterocycles. The van der Waals surface area contributed by atoms with Gasteiger partial charge in [-0.05, 0) is 0 Å². The molecule has 0 unspecified atom stereocenters. The van der Waals surface area contributed by atoms with Gasteiger partial charge in [0.25, 0.3) is 0 Å². The van der Waals surface area contributed by atoms with Gasteiger partial charge in [-0.25, -0.2) is 0 Å². The molecule has 0 aliphatic carbocycles. The summed E-state index contributed by atoms with van der Waals surface area (Å²) in [6, 6.07) is 1.47. The quantitative estimate of drug-likeness (QED) is 0.202. The van der Waals surface area contributed by atoms with E-state index in [-0.39, 0.29) is 5.84 Å². The molecule has 0 aromatic rings. The lowest BCUT2D eigenvalue weighted by Crippen LogP contribution is -2.16. The van der Waals surface area contributed by atoms with Crippen molar-refractivity contribution in [1.82, 2.24) is 0 Å². The van der Waals surface area contributed by atoms with Gasteiger partial charge in [0.05, 0.1) is 6.07 Å². The summed E-state index contributed by atoms with van der Waals surface area (Å²) in [6.07, 6.45) is -0.823. The predicted molar refractivity (Wildman–Crippen MR) is 43.5 cm³/mol. The molecule has 0 fully saturated rings. The van der Waals surface area contributed by atoms with Crippen LogP contribution >= 0.6 is 0 Å². The van der Waals surface area contributed by atoms with Crippen LogP contribution in [0.4, 0.5) is 0 Å². The van der Waals surface area contributed by atoms with Gasteiger partial charge in [0, 0.05) is 0 Å². The molecule has 0 amide bonds. The lowest BCUT2D eigenvalue weighted by atomic mass is 10.4. The van der Waals surface area contributed by atoms with Crippen molar-refractivity contribution in [2.45, 2.75) is 12.8 Å². The van der Waals surface area contributed by atoms with Crippen molar-refractivity contribution in [3.05, 3.63) is 0 Å². The highest BCUT2D eigenvalue weighted by molar-refractivity contribution is 5.95. The minimum atomic E-state index is -1.11. The lowest BCUT2D eigenvalue weighted by Gasteiger charge is -1.87. The van der Waals surface area contributed by atoms with Gasteiger partial charge in [-0.2, -0.15) is 5.26 Å². The zero-order valence-corrected chi connectivity index (χ0v) is 7.04. The monoisotopic (exact) mass is 203 g/mol. The lowest BCUT2D eigenvalue weighted by molar-refractivity contribution is -0.136. The smallest absolute Gasteiger partial charge is 0.317 e. The number of amidine groups is 1. The second kappa shape index (κ2) is 8.79. The van der Waals surface area contributed by atoms with Gasteiger partial charge in [0.2, 0.25) is 0 Å². The summed E-state index contributed by atoms with van der Waals surface area (Å²) in [5, 5.41) is 33.5. The van der Waals surface area contributed by atoms with E-state index in [1.54, 1.807) is 0 Å². The maximum atomic E-state index is 9.70. The van der Waals surface area contributed by atoms with Gasteiger partial charge < -0.3 is 21.2 Å². The average Bonchev–Trinajstić information content (AvgIpc) is 2.03. The van der Waals surface area contributed by atoms with Gasteiger partial charge in [-0.3, -0.25) is 9.59 Å². The van der Waals surface area contributed by atoms with E-state index in [9.17, 15) is 9.59 Å². The van der Waals surface area contributed by atoms with E-state index < -0.39 is 24.8 Å². The first-order valence-electron chi connectivity index (χ1n) is 3.21. The summed E-state index contributed by atoms with van der Waals surface area (Å²) in [6.45, 7) is 0. The first kappa shape index (κ1) is 14.2. The standard InChI is InChI=1S/C3H6N2O3.C3H3NO2/c4-2(5-8)1-3(6)7;4-2-1-3(5)6/h8H,1H2,(H2,4,5)(H,6,7);1H2,(H,5,6). The zero-order chi connectivity index (χ0) is 11.6. The molecule has 78 valence electrons. The molecule has 0 aliphatic heterocycles. The Morgan fingerprint density at radius 3 is 1.93 bits per heavy atom. The summed E-state index contributed by atoms with van der Waals surface area (Å²) < 4.78 is 0. The largest absolute Gasteiger partial charge is 0.481 e. The van der Waals surface area contributed by atoms with Crippen LogP contribution < -0.4 is 5.73 Å². The van der Waals surface area contributed by atoms with Crippen molar-refractivity contribution in [1.29, 1.82) is 5.26 Å². The average molecular weight is 203 g/mol. The molecule has 0 saturated heterocycles. The fourth-order valence-corrected chi connectivity index (χ4v) is 0.258. The van der Waals surface area contributed by atoms with E-state index in [0.29, 0.717) is 0 Å². The highest BCUT2D eigenvalue weighted by atomic mass is 16.4. The van der Waals surface area contributed by atoms with Gasteiger partial charge in [-0.1, -0.05) is 5.16 Å². The van der Waals surface area contributed by atoms with Crippen LogP contribution in [0.2, 0.25) is 0 Å². The topological polar surface area (TPSA) is 157 Å². The molecule has 0 radical (unpaired) electrons. The molecule has 0 atom stereocenters.